The molecule has 1 aliphatic rings. The maximum atomic E-state index is 13.6. The number of unbranched alkanes of at least 4 members (excludes halogenated alkanes) is 1. The summed E-state index contributed by atoms with van der Waals surface area (Å²) in [6.07, 6.45) is 9.53. The molecule has 1 N–H and O–H groups in total. The Morgan fingerprint density at radius 1 is 0.980 bits per heavy atom. The number of aromatic nitrogens is 2. The lowest BCUT2D eigenvalue weighted by Crippen LogP contribution is -2.29. The molecule has 1 aromatic heterocycles. The third-order valence-corrected chi connectivity index (χ3v) is 9.77. The second kappa shape index (κ2) is 18.1. The van der Waals surface area contributed by atoms with Crippen molar-refractivity contribution in [2.45, 2.75) is 70.6 Å². The summed E-state index contributed by atoms with van der Waals surface area (Å²) in [5.41, 5.74) is 5.72. The number of anilines is 2. The summed E-state index contributed by atoms with van der Waals surface area (Å²) in [6.45, 7) is 13.1. The fraction of sp³-hybridized carbons (Fsp3) is 0.400. The van der Waals surface area contributed by atoms with Crippen LogP contribution < -0.4 is 15.0 Å². The van der Waals surface area contributed by atoms with E-state index in [-0.39, 0.29) is 5.91 Å². The molecule has 1 aliphatic heterocycles. The molecule has 0 radical (unpaired) electrons. The van der Waals surface area contributed by atoms with E-state index in [2.05, 4.69) is 77.8 Å². The Labute approximate surface area is 294 Å². The number of hydrogen-bond donors (Lipinski definition) is 1. The van der Waals surface area contributed by atoms with Crippen LogP contribution in [-0.4, -0.2) is 52.9 Å². The SMILES string of the molecule is CCCCOCCOc1ccc(-c2ccc3c(c2)C=C(C(=O)Nc2ccc([S+]([O-])Cc4nccn4CCC)cc2)CCN3CC(C)C)cc1. The van der Waals surface area contributed by atoms with Crippen molar-refractivity contribution < 1.29 is 18.8 Å². The third-order valence-electron chi connectivity index (χ3n) is 8.45. The molecule has 1 unspecified atom stereocenters. The molecule has 0 saturated carbocycles. The maximum absolute atomic E-state index is 13.6. The van der Waals surface area contributed by atoms with Gasteiger partial charge in [0.15, 0.2) is 16.5 Å². The fourth-order valence-electron chi connectivity index (χ4n) is 5.92. The van der Waals surface area contributed by atoms with Crippen molar-refractivity contribution in [1.29, 1.82) is 0 Å². The van der Waals surface area contributed by atoms with E-state index < -0.39 is 11.2 Å². The Morgan fingerprint density at radius 2 is 1.76 bits per heavy atom. The van der Waals surface area contributed by atoms with Gasteiger partial charge in [0.25, 0.3) is 5.91 Å². The number of aryl methyl sites for hydroxylation is 1. The van der Waals surface area contributed by atoms with Crippen LogP contribution in [0.25, 0.3) is 17.2 Å². The number of ether oxygens (including phenoxy) is 2. The molecule has 9 heteroatoms. The van der Waals surface area contributed by atoms with E-state index >= 15 is 0 Å². The molecular formula is C40H50N4O4S. The topological polar surface area (TPSA) is 91.7 Å². The Kier molecular flexibility index (Phi) is 13.4. The largest absolute Gasteiger partial charge is 0.611 e. The van der Waals surface area contributed by atoms with E-state index in [1.807, 2.05) is 48.7 Å². The Morgan fingerprint density at radius 3 is 2.49 bits per heavy atom. The Balaban J connectivity index is 1.27. The highest BCUT2D eigenvalue weighted by Gasteiger charge is 2.22. The monoisotopic (exact) mass is 682 g/mol. The van der Waals surface area contributed by atoms with E-state index in [0.717, 1.165) is 85.0 Å². The van der Waals surface area contributed by atoms with Crippen LogP contribution in [0.3, 0.4) is 0 Å². The predicted octanol–water partition coefficient (Wildman–Crippen LogP) is 8.35. The van der Waals surface area contributed by atoms with Crippen LogP contribution in [0.15, 0.2) is 89.6 Å². The van der Waals surface area contributed by atoms with Gasteiger partial charge in [0.2, 0.25) is 0 Å². The molecular weight excluding hydrogens is 633 g/mol. The van der Waals surface area contributed by atoms with Gasteiger partial charge in [-0.2, -0.15) is 0 Å². The molecule has 1 amide bonds. The number of carbonyl (C=O) groups excluding carboxylic acids is 1. The number of hydrogen-bond acceptors (Lipinski definition) is 6. The van der Waals surface area contributed by atoms with Crippen LogP contribution in [0, 0.1) is 5.92 Å². The summed E-state index contributed by atoms with van der Waals surface area (Å²) in [5, 5.41) is 3.08. The van der Waals surface area contributed by atoms with Crippen LogP contribution >= 0.6 is 0 Å². The first kappa shape index (κ1) is 36.2. The van der Waals surface area contributed by atoms with Crippen molar-refractivity contribution in [3.05, 3.63) is 96.1 Å². The van der Waals surface area contributed by atoms with Gasteiger partial charge in [-0.3, -0.25) is 4.79 Å². The van der Waals surface area contributed by atoms with E-state index in [1.165, 1.54) is 0 Å². The lowest BCUT2D eigenvalue weighted by Gasteiger charge is -2.27. The highest BCUT2D eigenvalue weighted by molar-refractivity contribution is 7.90. The van der Waals surface area contributed by atoms with Crippen molar-refractivity contribution in [2.75, 3.05) is 43.1 Å². The molecule has 5 rings (SSSR count). The van der Waals surface area contributed by atoms with Crippen LogP contribution in [0.4, 0.5) is 11.4 Å². The first-order valence-corrected chi connectivity index (χ1v) is 18.9. The van der Waals surface area contributed by atoms with Crippen LogP contribution in [0.1, 0.15) is 64.8 Å². The molecule has 2 heterocycles. The molecule has 0 aliphatic carbocycles. The normalized spacial score (nSPS) is 13.5. The fourth-order valence-corrected chi connectivity index (χ4v) is 7.00. The van der Waals surface area contributed by atoms with Crippen LogP contribution in [0.2, 0.25) is 0 Å². The number of imidazole rings is 1. The molecule has 49 heavy (non-hydrogen) atoms. The number of rotatable bonds is 17. The molecule has 1 atom stereocenters. The average molecular weight is 683 g/mol. The lowest BCUT2D eigenvalue weighted by atomic mass is 10.00. The van der Waals surface area contributed by atoms with Crippen molar-refractivity contribution in [3.8, 4) is 16.9 Å². The summed E-state index contributed by atoms with van der Waals surface area (Å²) >= 11 is -1.24. The quantitative estimate of drug-likeness (QED) is 0.0889. The van der Waals surface area contributed by atoms with Gasteiger partial charge < -0.3 is 28.8 Å². The second-order valence-corrected chi connectivity index (χ2v) is 14.3. The summed E-state index contributed by atoms with van der Waals surface area (Å²) in [4.78, 5) is 21.1. The van der Waals surface area contributed by atoms with E-state index in [9.17, 15) is 9.35 Å². The lowest BCUT2D eigenvalue weighted by molar-refractivity contribution is -0.112. The maximum Gasteiger partial charge on any atom is 0.251 e. The van der Waals surface area contributed by atoms with E-state index in [4.69, 9.17) is 9.47 Å². The summed E-state index contributed by atoms with van der Waals surface area (Å²) in [6, 6.07) is 21.9. The van der Waals surface area contributed by atoms with Crippen LogP contribution in [-0.2, 0) is 33.0 Å². The predicted molar refractivity (Wildman–Crippen MR) is 200 cm³/mol. The summed E-state index contributed by atoms with van der Waals surface area (Å²) in [7, 11) is 0. The standard InChI is InChI=1S/C40H50N4O4S/c1-5-7-23-47-24-25-48-36-13-8-31(9-14-36)32-10-17-38-34(26-32)27-33(18-21-44(38)28-30(3)4)40(45)42-35-11-15-37(16-12-35)49(46)29-39-41-19-22-43(39)20-6-2/h8-17,19,22,26-27,30H,5-7,18,20-21,23-25,28-29H2,1-4H3,(H,42,45). The van der Waals surface area contributed by atoms with Gasteiger partial charge in [0.1, 0.15) is 12.4 Å². The Bertz CT molecular complexity index is 1670. The van der Waals surface area contributed by atoms with Gasteiger partial charge in [-0.1, -0.05) is 52.3 Å². The first-order chi connectivity index (χ1) is 23.8. The van der Waals surface area contributed by atoms with Gasteiger partial charge in [-0.25, -0.2) is 4.98 Å². The van der Waals surface area contributed by atoms with Gasteiger partial charge in [-0.05, 0) is 108 Å². The summed E-state index contributed by atoms with van der Waals surface area (Å²) in [5.74, 6) is 2.34. The van der Waals surface area contributed by atoms with Crippen molar-refractivity contribution in [2.24, 2.45) is 5.92 Å². The van der Waals surface area contributed by atoms with Gasteiger partial charge in [-0.15, -0.1) is 0 Å². The van der Waals surface area contributed by atoms with Crippen molar-refractivity contribution in [1.82, 2.24) is 9.55 Å². The average Bonchev–Trinajstić information content (AvgIpc) is 3.45. The molecule has 260 valence electrons. The molecule has 0 spiro atoms. The molecule has 3 aromatic carbocycles. The zero-order valence-corrected chi connectivity index (χ0v) is 30.1. The molecule has 8 nitrogen and oxygen atoms in total. The Hall–Kier alpha value is -4.05. The van der Waals surface area contributed by atoms with Gasteiger partial charge >= 0.3 is 0 Å². The van der Waals surface area contributed by atoms with Gasteiger partial charge in [0, 0.05) is 55.6 Å². The van der Waals surface area contributed by atoms with Crippen molar-refractivity contribution in [3.63, 3.8) is 0 Å². The zero-order valence-electron chi connectivity index (χ0n) is 29.3. The number of benzene rings is 3. The van der Waals surface area contributed by atoms with Gasteiger partial charge in [0.05, 0.1) is 6.61 Å². The number of amides is 1. The second-order valence-electron chi connectivity index (χ2n) is 12.9. The molecule has 4 aromatic rings. The minimum atomic E-state index is -1.24. The third kappa shape index (κ3) is 10.2. The molecule has 0 fully saturated rings. The highest BCUT2D eigenvalue weighted by Crippen LogP contribution is 2.34. The first-order valence-electron chi connectivity index (χ1n) is 17.5. The number of nitrogens with one attached hydrogen (secondary N) is 1. The number of nitrogens with zero attached hydrogens (tertiary/aromatic N) is 3. The zero-order chi connectivity index (χ0) is 34.6. The van der Waals surface area contributed by atoms with E-state index in [0.29, 0.717) is 41.9 Å². The molecule has 0 saturated heterocycles. The smallest absolute Gasteiger partial charge is 0.251 e. The summed E-state index contributed by atoms with van der Waals surface area (Å²) < 4.78 is 26.6. The highest BCUT2D eigenvalue weighted by atomic mass is 32.2. The van der Waals surface area contributed by atoms with E-state index in [1.54, 1.807) is 6.20 Å². The minimum Gasteiger partial charge on any atom is -0.611 e. The molecule has 0 bridgehead atoms. The minimum absolute atomic E-state index is 0.126. The number of fused-ring (bicyclic) bond motifs is 1. The van der Waals surface area contributed by atoms with Crippen LogP contribution in [0.5, 0.6) is 5.75 Å². The number of carbonyl (C=O) groups is 1. The van der Waals surface area contributed by atoms with Crippen molar-refractivity contribution >= 4 is 34.5 Å².